The molecule has 1 aliphatic rings. The number of amides is 1. The smallest absolute Gasteiger partial charge is 0.367 e. The van der Waals surface area contributed by atoms with Crippen LogP contribution < -0.4 is 10.6 Å². The second-order valence-corrected chi connectivity index (χ2v) is 12.9. The summed E-state index contributed by atoms with van der Waals surface area (Å²) in [5, 5.41) is 20.0. The standard InChI is InChI=1S/C31H29F3N8OS2/c1-2-27(43)40-30-39-22(17-44-30)7-10-42-23(15-35)12-20-11-19(3-4-26(20)42)16-41-8-5-21(6-9-41)38-28-25-13-24(14-31(32,33)34)45-29(25)37-18-36-28/h2-4,11-13,17-18,21H,1,5-10,14,16H2,(H,36,37,38)(H,39,40,43). The summed E-state index contributed by atoms with van der Waals surface area (Å²) < 4.78 is 40.7. The zero-order valence-corrected chi connectivity index (χ0v) is 25.7. The first kappa shape index (κ1) is 30.7. The Kier molecular flexibility index (Phi) is 8.84. The van der Waals surface area contributed by atoms with E-state index in [1.165, 1.54) is 23.7 Å². The minimum Gasteiger partial charge on any atom is -0.367 e. The molecule has 6 rings (SSSR count). The van der Waals surface area contributed by atoms with Gasteiger partial charge in [0.15, 0.2) is 5.13 Å². The summed E-state index contributed by atoms with van der Waals surface area (Å²) in [4.78, 5) is 27.7. The molecule has 1 aromatic carbocycles. The number of hydrogen-bond donors (Lipinski definition) is 2. The fourth-order valence-electron chi connectivity index (χ4n) is 5.61. The van der Waals surface area contributed by atoms with Gasteiger partial charge in [0.05, 0.1) is 17.5 Å². The number of nitriles is 1. The lowest BCUT2D eigenvalue weighted by atomic mass is 10.0. The average molecular weight is 651 g/mol. The molecule has 5 aromatic rings. The van der Waals surface area contributed by atoms with E-state index in [2.05, 4.69) is 61.3 Å². The van der Waals surface area contributed by atoms with Gasteiger partial charge in [-0.15, -0.1) is 22.7 Å². The van der Waals surface area contributed by atoms with Crippen LogP contribution in [-0.4, -0.2) is 55.6 Å². The zero-order chi connectivity index (χ0) is 31.6. The summed E-state index contributed by atoms with van der Waals surface area (Å²) in [6, 6.07) is 12.2. The van der Waals surface area contributed by atoms with Crippen molar-refractivity contribution in [3.05, 3.63) is 76.5 Å². The van der Waals surface area contributed by atoms with Gasteiger partial charge in [0.25, 0.3) is 0 Å². The lowest BCUT2D eigenvalue weighted by Crippen LogP contribution is -2.38. The van der Waals surface area contributed by atoms with E-state index in [-0.39, 0.29) is 16.8 Å². The molecule has 1 aliphatic heterocycles. The summed E-state index contributed by atoms with van der Waals surface area (Å²) in [5.41, 5.74) is 3.56. The van der Waals surface area contributed by atoms with Crippen molar-refractivity contribution in [1.82, 2.24) is 24.4 Å². The van der Waals surface area contributed by atoms with Crippen LogP contribution in [0.1, 0.15) is 34.7 Å². The van der Waals surface area contributed by atoms with Gasteiger partial charge in [-0.25, -0.2) is 15.0 Å². The number of aromatic nitrogens is 4. The van der Waals surface area contributed by atoms with E-state index >= 15 is 0 Å². The summed E-state index contributed by atoms with van der Waals surface area (Å²) in [5.74, 6) is 0.281. The maximum absolute atomic E-state index is 12.9. The second-order valence-electron chi connectivity index (χ2n) is 10.9. The number of benzene rings is 1. The number of nitrogens with zero attached hydrogens (tertiary/aromatic N) is 6. The van der Waals surface area contributed by atoms with Gasteiger partial charge in [-0.05, 0) is 48.7 Å². The van der Waals surface area contributed by atoms with Gasteiger partial charge in [-0.3, -0.25) is 15.0 Å². The maximum atomic E-state index is 12.9. The number of nitrogens with one attached hydrogen (secondary N) is 2. The molecule has 9 nitrogen and oxygen atoms in total. The number of thiophene rings is 1. The fourth-order valence-corrected chi connectivity index (χ4v) is 7.38. The van der Waals surface area contributed by atoms with Crippen molar-refractivity contribution < 1.29 is 18.0 Å². The Morgan fingerprint density at radius 1 is 1.20 bits per heavy atom. The predicted octanol–water partition coefficient (Wildman–Crippen LogP) is 6.52. The molecule has 0 atom stereocenters. The molecule has 45 heavy (non-hydrogen) atoms. The van der Waals surface area contributed by atoms with E-state index < -0.39 is 12.6 Å². The van der Waals surface area contributed by atoms with E-state index in [9.17, 15) is 23.2 Å². The topological polar surface area (TPSA) is 112 Å². The van der Waals surface area contributed by atoms with E-state index in [1.807, 2.05) is 16.0 Å². The fraction of sp³-hybridized carbons (Fsp3) is 0.323. The third-order valence-electron chi connectivity index (χ3n) is 7.73. The molecule has 0 radical (unpaired) electrons. The van der Waals surface area contributed by atoms with Crippen LogP contribution in [0.3, 0.4) is 0 Å². The molecular formula is C31H29F3N8OS2. The van der Waals surface area contributed by atoms with Gasteiger partial charge >= 0.3 is 6.18 Å². The molecule has 2 N–H and O–H groups in total. The van der Waals surface area contributed by atoms with Gasteiger partial charge in [-0.1, -0.05) is 12.6 Å². The first-order chi connectivity index (χ1) is 21.7. The van der Waals surface area contributed by atoms with Gasteiger partial charge in [0.2, 0.25) is 5.91 Å². The Morgan fingerprint density at radius 3 is 2.78 bits per heavy atom. The van der Waals surface area contributed by atoms with Crippen LogP contribution in [0.25, 0.3) is 21.1 Å². The Morgan fingerprint density at radius 2 is 2.02 bits per heavy atom. The average Bonchev–Trinajstić information content (AvgIpc) is 3.72. The van der Waals surface area contributed by atoms with Crippen molar-refractivity contribution in [3.63, 3.8) is 0 Å². The number of aryl methyl sites for hydroxylation is 2. The Labute approximate surface area is 265 Å². The Bertz CT molecular complexity index is 1900. The van der Waals surface area contributed by atoms with Crippen molar-refractivity contribution in [2.45, 2.75) is 51.0 Å². The summed E-state index contributed by atoms with van der Waals surface area (Å²) in [6.07, 6.45) is -0.266. The predicted molar refractivity (Wildman–Crippen MR) is 170 cm³/mol. The molecule has 0 spiro atoms. The highest BCUT2D eigenvalue weighted by Crippen LogP contribution is 2.33. The largest absolute Gasteiger partial charge is 0.393 e. The zero-order valence-electron chi connectivity index (χ0n) is 24.1. The number of piperidine rings is 1. The molecule has 0 unspecified atom stereocenters. The monoisotopic (exact) mass is 650 g/mol. The van der Waals surface area contributed by atoms with Crippen molar-refractivity contribution in [2.75, 3.05) is 23.7 Å². The van der Waals surface area contributed by atoms with Gasteiger partial charge in [0.1, 0.15) is 28.7 Å². The number of hydrogen-bond acceptors (Lipinski definition) is 9. The first-order valence-electron chi connectivity index (χ1n) is 14.4. The molecule has 1 amide bonds. The van der Waals surface area contributed by atoms with E-state index in [4.69, 9.17) is 0 Å². The van der Waals surface area contributed by atoms with Crippen LogP contribution >= 0.6 is 22.7 Å². The number of carbonyl (C=O) groups excluding carboxylic acids is 1. The number of thiazole rings is 1. The number of alkyl halides is 3. The number of anilines is 2. The molecule has 1 saturated heterocycles. The lowest BCUT2D eigenvalue weighted by molar-refractivity contribution is -0.126. The minimum absolute atomic E-state index is 0.159. The summed E-state index contributed by atoms with van der Waals surface area (Å²) in [6.45, 7) is 6.53. The maximum Gasteiger partial charge on any atom is 0.393 e. The van der Waals surface area contributed by atoms with Crippen molar-refractivity contribution in [3.8, 4) is 6.07 Å². The number of fused-ring (bicyclic) bond motifs is 2. The van der Waals surface area contributed by atoms with E-state index in [1.54, 1.807) is 6.07 Å². The Hall–Kier alpha value is -4.32. The van der Waals surface area contributed by atoms with Crippen molar-refractivity contribution in [1.29, 1.82) is 5.26 Å². The third kappa shape index (κ3) is 7.33. The molecular weight excluding hydrogens is 622 g/mol. The molecule has 14 heteroatoms. The third-order valence-corrected chi connectivity index (χ3v) is 9.58. The van der Waals surface area contributed by atoms with Crippen LogP contribution in [0.2, 0.25) is 0 Å². The summed E-state index contributed by atoms with van der Waals surface area (Å²) >= 11 is 2.41. The quantitative estimate of drug-likeness (QED) is 0.166. The Balaban J connectivity index is 1.06. The normalized spacial score (nSPS) is 14.5. The lowest BCUT2D eigenvalue weighted by Gasteiger charge is -2.32. The van der Waals surface area contributed by atoms with Crippen molar-refractivity contribution in [2.24, 2.45) is 0 Å². The molecule has 5 heterocycles. The van der Waals surface area contributed by atoms with Crippen LogP contribution in [0, 0.1) is 11.3 Å². The highest BCUT2D eigenvalue weighted by Gasteiger charge is 2.29. The van der Waals surface area contributed by atoms with E-state index in [0.717, 1.165) is 66.0 Å². The molecule has 0 saturated carbocycles. The van der Waals surface area contributed by atoms with E-state index in [0.29, 0.717) is 39.8 Å². The highest BCUT2D eigenvalue weighted by molar-refractivity contribution is 7.18. The minimum atomic E-state index is -4.26. The number of carbonyl (C=O) groups is 1. The second kappa shape index (κ2) is 13.0. The number of rotatable bonds is 10. The van der Waals surface area contributed by atoms with Crippen LogP contribution in [0.4, 0.5) is 24.1 Å². The number of halogens is 3. The number of likely N-dealkylation sites (tertiary alicyclic amines) is 1. The molecule has 4 aromatic heterocycles. The summed E-state index contributed by atoms with van der Waals surface area (Å²) in [7, 11) is 0. The van der Waals surface area contributed by atoms with Gasteiger partial charge in [-0.2, -0.15) is 18.4 Å². The van der Waals surface area contributed by atoms with Gasteiger partial charge in [0, 0.05) is 59.8 Å². The molecule has 0 aliphatic carbocycles. The van der Waals surface area contributed by atoms with Crippen LogP contribution in [-0.2, 0) is 30.7 Å². The van der Waals surface area contributed by atoms with Gasteiger partial charge < -0.3 is 9.88 Å². The molecule has 1 fully saturated rings. The van der Waals surface area contributed by atoms with Crippen molar-refractivity contribution >= 4 is 60.6 Å². The van der Waals surface area contributed by atoms with Crippen LogP contribution in [0.15, 0.2) is 54.7 Å². The van der Waals surface area contributed by atoms with Crippen LogP contribution in [0.5, 0.6) is 0 Å². The molecule has 232 valence electrons. The first-order valence-corrected chi connectivity index (χ1v) is 16.1. The SMILES string of the molecule is C=CC(=O)Nc1nc(CCn2c(C#N)cc3cc(CN4CCC(Nc5ncnc6sc(CC(F)(F)F)cc56)CC4)ccc32)cs1. The highest BCUT2D eigenvalue weighted by atomic mass is 32.1. The molecule has 0 bridgehead atoms.